The van der Waals surface area contributed by atoms with Crippen molar-refractivity contribution in [3.63, 3.8) is 0 Å². The smallest absolute Gasteiger partial charge is 0.407 e. The summed E-state index contributed by atoms with van der Waals surface area (Å²) in [5.74, 6) is 0.118. The Morgan fingerprint density at radius 3 is 2.35 bits per heavy atom. The van der Waals surface area contributed by atoms with E-state index in [2.05, 4.69) is 5.32 Å². The molecule has 120 valence electrons. The van der Waals surface area contributed by atoms with E-state index in [0.717, 1.165) is 5.56 Å². The molecule has 2 aromatic rings. The molecule has 0 saturated carbocycles. The topological polar surface area (TPSA) is 64.6 Å². The third-order valence-corrected chi connectivity index (χ3v) is 3.10. The molecule has 2 rings (SSSR count). The predicted octanol–water partition coefficient (Wildman–Crippen LogP) is 3.19. The molecule has 1 amide bonds. The van der Waals surface area contributed by atoms with Crippen molar-refractivity contribution >= 4 is 12.1 Å². The SMILES string of the molecule is CCOC(=O)NCCc1ccc(C(=O)Oc2ccccc2)cc1. The van der Waals surface area contributed by atoms with Crippen LogP contribution < -0.4 is 10.1 Å². The number of benzene rings is 2. The maximum atomic E-state index is 12.0. The number of rotatable bonds is 6. The van der Waals surface area contributed by atoms with Crippen LogP contribution in [0, 0.1) is 0 Å². The quantitative estimate of drug-likeness (QED) is 0.657. The summed E-state index contributed by atoms with van der Waals surface area (Å²) in [7, 11) is 0. The zero-order chi connectivity index (χ0) is 16.5. The number of amides is 1. The highest BCUT2D eigenvalue weighted by Gasteiger charge is 2.08. The average Bonchev–Trinajstić information content (AvgIpc) is 2.56. The second-order valence-corrected chi connectivity index (χ2v) is 4.80. The van der Waals surface area contributed by atoms with Gasteiger partial charge in [0.15, 0.2) is 0 Å². The fourth-order valence-corrected chi connectivity index (χ4v) is 1.95. The predicted molar refractivity (Wildman–Crippen MR) is 86.6 cm³/mol. The van der Waals surface area contributed by atoms with Crippen molar-refractivity contribution in [2.24, 2.45) is 0 Å². The number of carbonyl (C=O) groups is 2. The Morgan fingerprint density at radius 1 is 1.00 bits per heavy atom. The van der Waals surface area contributed by atoms with Crippen LogP contribution in [0.15, 0.2) is 54.6 Å². The highest BCUT2D eigenvalue weighted by atomic mass is 16.5. The Balaban J connectivity index is 1.84. The molecule has 0 bridgehead atoms. The Kier molecular flexibility index (Phi) is 6.17. The van der Waals surface area contributed by atoms with E-state index < -0.39 is 12.1 Å². The second kappa shape index (κ2) is 8.58. The van der Waals surface area contributed by atoms with Crippen LogP contribution in [0.4, 0.5) is 4.79 Å². The van der Waals surface area contributed by atoms with Crippen molar-refractivity contribution in [2.75, 3.05) is 13.2 Å². The van der Waals surface area contributed by atoms with Gasteiger partial charge in [0.05, 0.1) is 12.2 Å². The normalized spacial score (nSPS) is 9.96. The number of carbonyl (C=O) groups excluding carboxylic acids is 2. The van der Waals surface area contributed by atoms with Gasteiger partial charge in [-0.2, -0.15) is 0 Å². The number of alkyl carbamates (subject to hydrolysis) is 1. The third kappa shape index (κ3) is 5.47. The molecule has 0 atom stereocenters. The molecule has 0 aliphatic heterocycles. The maximum Gasteiger partial charge on any atom is 0.407 e. The van der Waals surface area contributed by atoms with Gasteiger partial charge in [-0.3, -0.25) is 0 Å². The molecule has 0 radical (unpaired) electrons. The minimum Gasteiger partial charge on any atom is -0.450 e. The van der Waals surface area contributed by atoms with E-state index in [1.165, 1.54) is 0 Å². The van der Waals surface area contributed by atoms with Gasteiger partial charge < -0.3 is 14.8 Å². The molecule has 1 N–H and O–H groups in total. The number of nitrogens with one attached hydrogen (secondary N) is 1. The van der Waals surface area contributed by atoms with E-state index in [1.54, 1.807) is 31.2 Å². The Labute approximate surface area is 135 Å². The van der Waals surface area contributed by atoms with Crippen LogP contribution >= 0.6 is 0 Å². The minimum absolute atomic E-state index is 0.351. The highest BCUT2D eigenvalue weighted by molar-refractivity contribution is 5.91. The fraction of sp³-hybridized carbons (Fsp3) is 0.222. The zero-order valence-corrected chi connectivity index (χ0v) is 13.0. The molecule has 0 heterocycles. The zero-order valence-electron chi connectivity index (χ0n) is 13.0. The van der Waals surface area contributed by atoms with Gasteiger partial charge in [-0.05, 0) is 43.2 Å². The molecule has 23 heavy (non-hydrogen) atoms. The first-order chi connectivity index (χ1) is 11.2. The number of hydrogen-bond donors (Lipinski definition) is 1. The summed E-state index contributed by atoms with van der Waals surface area (Å²) in [4.78, 5) is 23.2. The Bertz CT molecular complexity index is 638. The summed E-state index contributed by atoms with van der Waals surface area (Å²) in [6.07, 6.45) is 0.239. The van der Waals surface area contributed by atoms with Crippen LogP contribution in [0.25, 0.3) is 0 Å². The van der Waals surface area contributed by atoms with Gasteiger partial charge in [-0.1, -0.05) is 30.3 Å². The van der Waals surface area contributed by atoms with Crippen LogP contribution in [0.5, 0.6) is 5.75 Å². The van der Waals surface area contributed by atoms with E-state index in [-0.39, 0.29) is 0 Å². The van der Waals surface area contributed by atoms with Gasteiger partial charge in [0, 0.05) is 6.54 Å². The minimum atomic E-state index is -0.421. The summed E-state index contributed by atoms with van der Waals surface area (Å²) in [5, 5.41) is 2.65. The van der Waals surface area contributed by atoms with E-state index in [1.807, 2.05) is 30.3 Å². The van der Waals surface area contributed by atoms with Crippen molar-refractivity contribution in [1.29, 1.82) is 0 Å². The Hall–Kier alpha value is -2.82. The Morgan fingerprint density at radius 2 is 1.70 bits per heavy atom. The van der Waals surface area contributed by atoms with Crippen LogP contribution in [-0.4, -0.2) is 25.2 Å². The van der Waals surface area contributed by atoms with E-state index >= 15 is 0 Å². The van der Waals surface area contributed by atoms with Crippen molar-refractivity contribution < 1.29 is 19.1 Å². The van der Waals surface area contributed by atoms with Gasteiger partial charge in [0.2, 0.25) is 0 Å². The van der Waals surface area contributed by atoms with Gasteiger partial charge in [-0.15, -0.1) is 0 Å². The van der Waals surface area contributed by atoms with Crippen LogP contribution in [0.2, 0.25) is 0 Å². The number of hydrogen-bond acceptors (Lipinski definition) is 4. The molecule has 0 aliphatic carbocycles. The molecule has 0 aliphatic rings. The molecular weight excluding hydrogens is 294 g/mol. The summed E-state index contributed by atoms with van der Waals surface area (Å²) >= 11 is 0. The van der Waals surface area contributed by atoms with Gasteiger partial charge in [0.25, 0.3) is 0 Å². The van der Waals surface area contributed by atoms with Crippen LogP contribution in [0.3, 0.4) is 0 Å². The molecular formula is C18H19NO4. The van der Waals surface area contributed by atoms with E-state index in [9.17, 15) is 9.59 Å². The summed E-state index contributed by atoms with van der Waals surface area (Å²) in [6, 6.07) is 16.0. The molecule has 5 heteroatoms. The van der Waals surface area contributed by atoms with Crippen LogP contribution in [-0.2, 0) is 11.2 Å². The lowest BCUT2D eigenvalue weighted by atomic mass is 10.1. The van der Waals surface area contributed by atoms with Gasteiger partial charge >= 0.3 is 12.1 Å². The van der Waals surface area contributed by atoms with E-state index in [4.69, 9.17) is 9.47 Å². The lowest BCUT2D eigenvalue weighted by Gasteiger charge is -2.07. The molecule has 0 spiro atoms. The molecule has 0 fully saturated rings. The average molecular weight is 313 g/mol. The third-order valence-electron chi connectivity index (χ3n) is 3.10. The molecule has 0 aromatic heterocycles. The van der Waals surface area contributed by atoms with Crippen molar-refractivity contribution in [1.82, 2.24) is 5.32 Å². The molecule has 0 saturated heterocycles. The summed E-state index contributed by atoms with van der Waals surface area (Å²) < 4.78 is 10.0. The van der Waals surface area contributed by atoms with Gasteiger partial charge in [-0.25, -0.2) is 9.59 Å². The van der Waals surface area contributed by atoms with Crippen molar-refractivity contribution in [2.45, 2.75) is 13.3 Å². The molecule has 0 unspecified atom stereocenters. The standard InChI is InChI=1S/C18H19NO4/c1-2-22-18(21)19-13-12-14-8-10-15(11-9-14)17(20)23-16-6-4-3-5-7-16/h3-11H,2,12-13H2,1H3,(H,19,21). The largest absolute Gasteiger partial charge is 0.450 e. The monoisotopic (exact) mass is 313 g/mol. The number of esters is 1. The first-order valence-electron chi connectivity index (χ1n) is 7.46. The fourth-order valence-electron chi connectivity index (χ4n) is 1.95. The molecule has 5 nitrogen and oxygen atoms in total. The number of ether oxygens (including phenoxy) is 2. The maximum absolute atomic E-state index is 12.0. The van der Waals surface area contributed by atoms with Crippen molar-refractivity contribution in [3.8, 4) is 5.75 Å². The summed E-state index contributed by atoms with van der Waals surface area (Å²) in [6.45, 7) is 2.59. The summed E-state index contributed by atoms with van der Waals surface area (Å²) in [5.41, 5.74) is 1.49. The first-order valence-corrected chi connectivity index (χ1v) is 7.46. The van der Waals surface area contributed by atoms with Gasteiger partial charge in [0.1, 0.15) is 5.75 Å². The molecule has 2 aromatic carbocycles. The second-order valence-electron chi connectivity index (χ2n) is 4.80. The van der Waals surface area contributed by atoms with Crippen LogP contribution in [0.1, 0.15) is 22.8 Å². The lowest BCUT2D eigenvalue weighted by molar-refractivity contribution is 0.0734. The highest BCUT2D eigenvalue weighted by Crippen LogP contribution is 2.12. The van der Waals surface area contributed by atoms with E-state index in [0.29, 0.717) is 30.9 Å². The number of para-hydroxylation sites is 1. The van der Waals surface area contributed by atoms with Crippen molar-refractivity contribution in [3.05, 3.63) is 65.7 Å². The first kappa shape index (κ1) is 16.5. The lowest BCUT2D eigenvalue weighted by Crippen LogP contribution is -2.26.